The smallest absolute Gasteiger partial charge is 0.295 e. The lowest BCUT2D eigenvalue weighted by Crippen LogP contribution is -2.29. The number of aliphatic hydroxyl groups excluding tert-OH is 1. The van der Waals surface area contributed by atoms with Gasteiger partial charge in [-0.05, 0) is 64.9 Å². The van der Waals surface area contributed by atoms with E-state index in [9.17, 15) is 19.1 Å². The number of ether oxygens (including phenoxy) is 1. The quantitative estimate of drug-likeness (QED) is 0.270. The number of carbonyl (C=O) groups excluding carboxylic acids is 2. The third-order valence-electron chi connectivity index (χ3n) is 6.57. The highest BCUT2D eigenvalue weighted by atomic mass is 19.1. The van der Waals surface area contributed by atoms with Gasteiger partial charge < -0.3 is 14.7 Å². The number of benzene rings is 3. The van der Waals surface area contributed by atoms with Gasteiger partial charge in [-0.3, -0.25) is 9.59 Å². The summed E-state index contributed by atoms with van der Waals surface area (Å²) < 4.78 is 18.8. The molecule has 1 aliphatic rings. The molecule has 186 valence electrons. The van der Waals surface area contributed by atoms with Crippen LogP contribution in [-0.2, 0) is 21.5 Å². The molecule has 0 aliphatic carbocycles. The summed E-state index contributed by atoms with van der Waals surface area (Å²) in [5, 5.41) is 11.3. The van der Waals surface area contributed by atoms with Gasteiger partial charge in [-0.2, -0.15) is 0 Å². The number of amides is 1. The van der Waals surface area contributed by atoms with Gasteiger partial charge in [0.05, 0.1) is 18.7 Å². The van der Waals surface area contributed by atoms with Gasteiger partial charge in [0.2, 0.25) is 0 Å². The molecule has 0 radical (unpaired) electrons. The lowest BCUT2D eigenvalue weighted by molar-refractivity contribution is -0.140. The molecule has 1 atom stereocenters. The maximum absolute atomic E-state index is 13.5. The van der Waals surface area contributed by atoms with E-state index in [1.54, 1.807) is 37.4 Å². The lowest BCUT2D eigenvalue weighted by atomic mass is 9.85. The van der Waals surface area contributed by atoms with Gasteiger partial charge in [0.1, 0.15) is 17.3 Å². The summed E-state index contributed by atoms with van der Waals surface area (Å²) in [5.74, 6) is -1.45. The predicted octanol–water partition coefficient (Wildman–Crippen LogP) is 6.06. The Hall–Kier alpha value is -3.93. The van der Waals surface area contributed by atoms with Crippen LogP contribution in [-0.4, -0.2) is 28.8 Å². The average molecular weight is 488 g/mol. The number of ketones is 1. The molecule has 1 amide bonds. The summed E-state index contributed by atoms with van der Waals surface area (Å²) in [6, 6.07) is 17.8. The summed E-state index contributed by atoms with van der Waals surface area (Å²) in [5.41, 5.74) is 3.64. The van der Waals surface area contributed by atoms with Gasteiger partial charge in [0, 0.05) is 12.1 Å². The van der Waals surface area contributed by atoms with E-state index in [0.29, 0.717) is 22.4 Å². The van der Waals surface area contributed by atoms with Crippen molar-refractivity contribution in [2.45, 2.75) is 45.7 Å². The topological polar surface area (TPSA) is 66.8 Å². The van der Waals surface area contributed by atoms with Crippen molar-refractivity contribution in [3.05, 3.63) is 106 Å². The molecule has 1 N–H and O–H groups in total. The van der Waals surface area contributed by atoms with Crippen molar-refractivity contribution >= 4 is 17.4 Å². The standard InChI is InChI=1S/C30H30FNO4/c1-18-16-21(10-15-24(18)36-5)27(33)25-26(20-8-11-22(12-9-20)30(2,3)4)32(29(35)28(25)34)17-19-6-13-23(31)14-7-19/h6-16,26,33H,17H2,1-5H3/b27-25-. The van der Waals surface area contributed by atoms with Crippen molar-refractivity contribution in [1.29, 1.82) is 0 Å². The predicted molar refractivity (Wildman–Crippen MR) is 137 cm³/mol. The van der Waals surface area contributed by atoms with E-state index in [2.05, 4.69) is 20.8 Å². The van der Waals surface area contributed by atoms with Crippen LogP contribution in [0.3, 0.4) is 0 Å². The zero-order valence-corrected chi connectivity index (χ0v) is 21.1. The first-order valence-corrected chi connectivity index (χ1v) is 11.8. The molecule has 6 heteroatoms. The molecule has 3 aromatic carbocycles. The zero-order valence-electron chi connectivity index (χ0n) is 21.1. The van der Waals surface area contributed by atoms with E-state index in [1.165, 1.54) is 17.0 Å². The second-order valence-corrected chi connectivity index (χ2v) is 10.1. The van der Waals surface area contributed by atoms with Crippen molar-refractivity contribution in [3.63, 3.8) is 0 Å². The van der Waals surface area contributed by atoms with E-state index in [4.69, 9.17) is 4.74 Å². The van der Waals surface area contributed by atoms with Gasteiger partial charge in [0.15, 0.2) is 0 Å². The molecule has 1 unspecified atom stereocenters. The van der Waals surface area contributed by atoms with E-state index in [1.807, 2.05) is 31.2 Å². The average Bonchev–Trinajstić information content (AvgIpc) is 3.09. The number of rotatable bonds is 5. The van der Waals surface area contributed by atoms with Crippen LogP contribution in [0, 0.1) is 12.7 Å². The Morgan fingerprint density at radius 2 is 1.64 bits per heavy atom. The first-order chi connectivity index (χ1) is 17.0. The number of methoxy groups -OCH3 is 1. The fourth-order valence-corrected chi connectivity index (χ4v) is 4.52. The highest BCUT2D eigenvalue weighted by Gasteiger charge is 2.46. The third kappa shape index (κ3) is 4.76. The molecule has 3 aromatic rings. The molecule has 1 saturated heterocycles. The highest BCUT2D eigenvalue weighted by Crippen LogP contribution is 2.41. The van der Waals surface area contributed by atoms with Crippen LogP contribution < -0.4 is 4.74 Å². The second kappa shape index (κ2) is 9.61. The van der Waals surface area contributed by atoms with Crippen LogP contribution in [0.5, 0.6) is 5.75 Å². The Labute approximate surface area is 210 Å². The van der Waals surface area contributed by atoms with Gasteiger partial charge in [0.25, 0.3) is 11.7 Å². The Morgan fingerprint density at radius 1 is 1.00 bits per heavy atom. The van der Waals surface area contributed by atoms with Crippen LogP contribution in [0.15, 0.2) is 72.3 Å². The Morgan fingerprint density at radius 3 is 2.19 bits per heavy atom. The largest absolute Gasteiger partial charge is 0.507 e. The van der Waals surface area contributed by atoms with E-state index in [0.717, 1.165) is 11.1 Å². The number of hydrogen-bond acceptors (Lipinski definition) is 4. The first kappa shape index (κ1) is 25.2. The van der Waals surface area contributed by atoms with Crippen molar-refractivity contribution < 1.29 is 23.8 Å². The van der Waals surface area contributed by atoms with E-state index < -0.39 is 17.7 Å². The maximum atomic E-state index is 13.5. The van der Waals surface area contributed by atoms with Crippen LogP contribution >= 0.6 is 0 Å². The highest BCUT2D eigenvalue weighted by molar-refractivity contribution is 6.46. The number of hydrogen-bond donors (Lipinski definition) is 1. The molecule has 5 nitrogen and oxygen atoms in total. The molecule has 0 aromatic heterocycles. The number of carbonyl (C=O) groups is 2. The minimum absolute atomic E-state index is 0.0233. The monoisotopic (exact) mass is 487 g/mol. The summed E-state index contributed by atoms with van der Waals surface area (Å²) in [7, 11) is 1.56. The van der Waals surface area contributed by atoms with Gasteiger partial charge in [-0.25, -0.2) is 4.39 Å². The number of halogens is 1. The van der Waals surface area contributed by atoms with E-state index in [-0.39, 0.29) is 29.1 Å². The fraction of sp³-hybridized carbons (Fsp3) is 0.267. The zero-order chi connectivity index (χ0) is 26.2. The summed E-state index contributed by atoms with van der Waals surface area (Å²) in [6.07, 6.45) is 0. The molecule has 0 spiro atoms. The van der Waals surface area contributed by atoms with Crippen LogP contribution in [0.2, 0.25) is 0 Å². The normalized spacial score (nSPS) is 17.5. The summed E-state index contributed by atoms with van der Waals surface area (Å²) in [4.78, 5) is 28.0. The fourth-order valence-electron chi connectivity index (χ4n) is 4.52. The molecule has 0 saturated carbocycles. The second-order valence-electron chi connectivity index (χ2n) is 10.1. The van der Waals surface area contributed by atoms with Gasteiger partial charge >= 0.3 is 0 Å². The van der Waals surface area contributed by atoms with Crippen LogP contribution in [0.25, 0.3) is 5.76 Å². The van der Waals surface area contributed by atoms with Crippen molar-refractivity contribution in [3.8, 4) is 5.75 Å². The Bertz CT molecular complexity index is 1330. The number of nitrogens with zero attached hydrogens (tertiary/aromatic N) is 1. The minimum Gasteiger partial charge on any atom is -0.507 e. The minimum atomic E-state index is -0.800. The van der Waals surface area contributed by atoms with Crippen LogP contribution in [0.1, 0.15) is 54.6 Å². The van der Waals surface area contributed by atoms with Gasteiger partial charge in [-0.1, -0.05) is 57.2 Å². The third-order valence-corrected chi connectivity index (χ3v) is 6.57. The Kier molecular flexibility index (Phi) is 6.72. The molecule has 1 heterocycles. The SMILES string of the molecule is COc1ccc(/C(O)=C2/C(=O)C(=O)N(Cc3ccc(F)cc3)C2c2ccc(C(C)(C)C)cc2)cc1C. The molecular formula is C30H30FNO4. The number of Topliss-reactive ketones (excluding diaryl/α,β-unsaturated/α-hetero) is 1. The van der Waals surface area contributed by atoms with Crippen LogP contribution in [0.4, 0.5) is 4.39 Å². The number of likely N-dealkylation sites (tertiary alicyclic amines) is 1. The van der Waals surface area contributed by atoms with Gasteiger partial charge in [-0.15, -0.1) is 0 Å². The van der Waals surface area contributed by atoms with Crippen molar-refractivity contribution in [2.24, 2.45) is 0 Å². The molecule has 0 bridgehead atoms. The lowest BCUT2D eigenvalue weighted by Gasteiger charge is -2.26. The first-order valence-electron chi connectivity index (χ1n) is 11.8. The van der Waals surface area contributed by atoms with E-state index >= 15 is 0 Å². The Balaban J connectivity index is 1.86. The molecule has 36 heavy (non-hydrogen) atoms. The number of aryl methyl sites for hydroxylation is 1. The molecule has 1 aliphatic heterocycles. The maximum Gasteiger partial charge on any atom is 0.295 e. The molecule has 1 fully saturated rings. The van der Waals surface area contributed by atoms with Crippen molar-refractivity contribution in [2.75, 3.05) is 7.11 Å². The summed E-state index contributed by atoms with van der Waals surface area (Å²) in [6.45, 7) is 8.25. The number of aliphatic hydroxyl groups is 1. The van der Waals surface area contributed by atoms with Crippen molar-refractivity contribution in [1.82, 2.24) is 4.90 Å². The molecule has 4 rings (SSSR count). The summed E-state index contributed by atoms with van der Waals surface area (Å²) >= 11 is 0. The molecular weight excluding hydrogens is 457 g/mol.